The molecule has 2 aliphatic rings. The van der Waals surface area contributed by atoms with Gasteiger partial charge in [0.15, 0.2) is 23.5 Å². The third-order valence-electron chi connectivity index (χ3n) is 7.82. The summed E-state index contributed by atoms with van der Waals surface area (Å²) in [5, 5.41) is 9.62. The van der Waals surface area contributed by atoms with Gasteiger partial charge in [-0.05, 0) is 38.3 Å². The molecule has 0 radical (unpaired) electrons. The third kappa shape index (κ3) is 5.61. The van der Waals surface area contributed by atoms with E-state index in [1.807, 2.05) is 18.0 Å². The van der Waals surface area contributed by atoms with Crippen LogP contribution >= 0.6 is 0 Å². The second kappa shape index (κ2) is 11.4. The number of ether oxygens (including phenoxy) is 1. The molecule has 0 unspecified atom stereocenters. The number of nitriles is 1. The molecule has 0 bridgehead atoms. The van der Waals surface area contributed by atoms with Gasteiger partial charge < -0.3 is 19.1 Å². The van der Waals surface area contributed by atoms with Crippen LogP contribution < -0.4 is 9.64 Å². The van der Waals surface area contributed by atoms with Crippen LogP contribution in [0, 0.1) is 11.5 Å². The number of fused-ring (bicyclic) bond motifs is 1. The Balaban J connectivity index is 1.35. The zero-order chi connectivity index (χ0) is 31.2. The number of hydrogen-bond donors (Lipinski definition) is 0. The fraction of sp³-hybridized carbons (Fsp3) is 0.433. The van der Waals surface area contributed by atoms with Gasteiger partial charge in [0.25, 0.3) is 0 Å². The van der Waals surface area contributed by atoms with Gasteiger partial charge in [0.1, 0.15) is 23.4 Å². The summed E-state index contributed by atoms with van der Waals surface area (Å²) in [5.41, 5.74) is 3.47. The molecule has 228 valence electrons. The lowest BCUT2D eigenvalue weighted by Crippen LogP contribution is -2.31. The second-order valence-electron chi connectivity index (χ2n) is 11.3. The lowest BCUT2D eigenvalue weighted by molar-refractivity contribution is -0.140. The Labute approximate surface area is 252 Å². The summed E-state index contributed by atoms with van der Waals surface area (Å²) >= 11 is 0. The average molecular weight is 605 g/mol. The number of alkyl halides is 3. The number of imidazole rings is 1. The molecule has 1 aliphatic carbocycles. The Morgan fingerprint density at radius 2 is 1.93 bits per heavy atom. The third-order valence-corrected chi connectivity index (χ3v) is 7.82. The van der Waals surface area contributed by atoms with Gasteiger partial charge in [-0.2, -0.15) is 18.4 Å². The minimum Gasteiger partial charge on any atom is -0.480 e. The van der Waals surface area contributed by atoms with Crippen molar-refractivity contribution in [3.63, 3.8) is 0 Å². The van der Waals surface area contributed by atoms with Crippen molar-refractivity contribution in [2.75, 3.05) is 25.6 Å². The number of nitrogens with zero attached hydrogens (tertiary/aromatic N) is 10. The zero-order valence-electron chi connectivity index (χ0n) is 24.8. The number of anilines is 1. The molecule has 11 nitrogen and oxygen atoms in total. The number of pyridine rings is 1. The molecular formula is C30H31F3N10O. The number of rotatable bonds is 8. The van der Waals surface area contributed by atoms with Gasteiger partial charge in [-0.25, -0.2) is 24.9 Å². The monoisotopic (exact) mass is 604 g/mol. The molecule has 0 spiro atoms. The Morgan fingerprint density at radius 3 is 2.57 bits per heavy atom. The lowest BCUT2D eigenvalue weighted by Gasteiger charge is -2.29. The Morgan fingerprint density at radius 1 is 1.14 bits per heavy atom. The van der Waals surface area contributed by atoms with E-state index < -0.39 is 11.9 Å². The van der Waals surface area contributed by atoms with Gasteiger partial charge in [-0.3, -0.25) is 4.98 Å². The van der Waals surface area contributed by atoms with E-state index in [1.165, 1.54) is 10.9 Å². The quantitative estimate of drug-likeness (QED) is 0.250. The first-order valence-electron chi connectivity index (χ1n) is 14.3. The summed E-state index contributed by atoms with van der Waals surface area (Å²) < 4.78 is 47.3. The Kier molecular flexibility index (Phi) is 7.56. The molecule has 1 saturated carbocycles. The highest BCUT2D eigenvalue weighted by Crippen LogP contribution is 2.45. The van der Waals surface area contributed by atoms with Crippen LogP contribution in [0.1, 0.15) is 66.9 Å². The molecule has 0 N–H and O–H groups in total. The lowest BCUT2D eigenvalue weighted by atomic mass is 10.0. The molecule has 14 heteroatoms. The SMILES string of the molecule is COc1ncnc(C2CC2)c1-c1nc2c(c(N(C)Cc3ccc(-c4nc(C(F)(F)F)cn4C(C)C)nc3)n1)CN(C#N)CC2. The van der Waals surface area contributed by atoms with Crippen molar-refractivity contribution in [2.24, 2.45) is 0 Å². The van der Waals surface area contributed by atoms with Crippen molar-refractivity contribution in [3.05, 3.63) is 59.1 Å². The minimum absolute atomic E-state index is 0.156. The minimum atomic E-state index is -4.55. The maximum Gasteiger partial charge on any atom is 0.434 e. The normalized spacial score (nSPS) is 14.8. The van der Waals surface area contributed by atoms with Crippen molar-refractivity contribution in [3.8, 4) is 35.0 Å². The molecule has 6 rings (SSSR count). The number of methoxy groups -OCH3 is 1. The van der Waals surface area contributed by atoms with E-state index in [-0.39, 0.29) is 11.9 Å². The highest BCUT2D eigenvalue weighted by molar-refractivity contribution is 5.68. The molecule has 44 heavy (non-hydrogen) atoms. The van der Waals surface area contributed by atoms with Gasteiger partial charge in [0, 0.05) is 56.5 Å². The van der Waals surface area contributed by atoms with E-state index in [0.717, 1.165) is 41.6 Å². The number of aromatic nitrogens is 7. The van der Waals surface area contributed by atoms with Crippen LogP contribution in [0.4, 0.5) is 19.0 Å². The molecule has 0 aromatic carbocycles. The molecule has 0 amide bonds. The van der Waals surface area contributed by atoms with Crippen LogP contribution in [0.3, 0.4) is 0 Å². The van der Waals surface area contributed by atoms with Crippen LogP contribution in [0.5, 0.6) is 5.88 Å². The van der Waals surface area contributed by atoms with Crippen molar-refractivity contribution >= 4 is 5.82 Å². The van der Waals surface area contributed by atoms with E-state index in [9.17, 15) is 18.4 Å². The molecule has 5 heterocycles. The van der Waals surface area contributed by atoms with Gasteiger partial charge in [0.05, 0.1) is 25.0 Å². The fourth-order valence-electron chi connectivity index (χ4n) is 5.44. The van der Waals surface area contributed by atoms with E-state index >= 15 is 0 Å². The van der Waals surface area contributed by atoms with Gasteiger partial charge in [-0.1, -0.05) is 6.07 Å². The predicted molar refractivity (Wildman–Crippen MR) is 154 cm³/mol. The first-order chi connectivity index (χ1) is 21.1. The molecule has 0 atom stereocenters. The second-order valence-corrected chi connectivity index (χ2v) is 11.3. The molecule has 1 fully saturated rings. The Bertz CT molecular complexity index is 1720. The topological polar surface area (TPSA) is 122 Å². The summed E-state index contributed by atoms with van der Waals surface area (Å²) in [4.78, 5) is 30.8. The zero-order valence-corrected chi connectivity index (χ0v) is 24.8. The Hall–Kier alpha value is -4.80. The van der Waals surface area contributed by atoms with Gasteiger partial charge in [0.2, 0.25) is 5.88 Å². The van der Waals surface area contributed by atoms with Gasteiger partial charge >= 0.3 is 6.18 Å². The van der Waals surface area contributed by atoms with Gasteiger partial charge in [-0.15, -0.1) is 0 Å². The van der Waals surface area contributed by atoms with Crippen molar-refractivity contribution in [2.45, 2.75) is 64.3 Å². The van der Waals surface area contributed by atoms with E-state index in [0.29, 0.717) is 60.8 Å². The first-order valence-corrected chi connectivity index (χ1v) is 14.3. The summed E-state index contributed by atoms with van der Waals surface area (Å²) in [7, 11) is 3.46. The number of hydrogen-bond acceptors (Lipinski definition) is 10. The standard InChI is InChI=1S/C30H31F3N10O/c1-17(2)43-14-23(30(31,32)33)39-28(43)22-8-5-18(11-35-22)12-41(3)27-20-13-42(15-34)10-9-21(20)38-26(40-27)24-25(19-6-7-19)36-16-37-29(24)44-4/h5,8,11,14,16-17,19H,6-7,9-10,12-13H2,1-4H3. The molecular weight excluding hydrogens is 573 g/mol. The van der Waals surface area contributed by atoms with E-state index in [1.54, 1.807) is 38.1 Å². The highest BCUT2D eigenvalue weighted by atomic mass is 19.4. The smallest absolute Gasteiger partial charge is 0.434 e. The largest absolute Gasteiger partial charge is 0.480 e. The summed E-state index contributed by atoms with van der Waals surface area (Å²) in [5.74, 6) is 2.01. The van der Waals surface area contributed by atoms with Crippen LogP contribution in [0.25, 0.3) is 22.9 Å². The van der Waals surface area contributed by atoms with Crippen molar-refractivity contribution < 1.29 is 17.9 Å². The fourth-order valence-corrected chi connectivity index (χ4v) is 5.44. The average Bonchev–Trinajstić information content (AvgIpc) is 3.76. The van der Waals surface area contributed by atoms with E-state index in [4.69, 9.17) is 14.7 Å². The summed E-state index contributed by atoms with van der Waals surface area (Å²) in [6, 6.07) is 3.26. The van der Waals surface area contributed by atoms with Crippen LogP contribution in [-0.2, 0) is 25.7 Å². The molecule has 0 saturated heterocycles. The van der Waals surface area contributed by atoms with Crippen LogP contribution in [0.2, 0.25) is 0 Å². The highest BCUT2D eigenvalue weighted by Gasteiger charge is 2.36. The van der Waals surface area contributed by atoms with Crippen LogP contribution in [-0.4, -0.2) is 60.1 Å². The molecule has 1 aliphatic heterocycles. The molecule has 4 aromatic heterocycles. The van der Waals surface area contributed by atoms with Crippen LogP contribution in [0.15, 0.2) is 30.9 Å². The summed E-state index contributed by atoms with van der Waals surface area (Å²) in [6.45, 7) is 4.91. The van der Waals surface area contributed by atoms with Crippen molar-refractivity contribution in [1.29, 1.82) is 5.26 Å². The van der Waals surface area contributed by atoms with Crippen molar-refractivity contribution in [1.82, 2.24) is 39.4 Å². The maximum atomic E-state index is 13.4. The maximum absolute atomic E-state index is 13.4. The summed E-state index contributed by atoms with van der Waals surface area (Å²) in [6.07, 6.45) is 4.47. The number of halogens is 3. The molecule has 4 aromatic rings. The van der Waals surface area contributed by atoms with E-state index in [2.05, 4.69) is 26.1 Å². The first kappa shape index (κ1) is 29.3. The predicted octanol–water partition coefficient (Wildman–Crippen LogP) is 5.15.